The van der Waals surface area contributed by atoms with E-state index in [9.17, 15) is 9.59 Å². The maximum absolute atomic E-state index is 12.5. The Bertz CT molecular complexity index is 511. The third kappa shape index (κ3) is 1.87. The highest BCUT2D eigenvalue weighted by atomic mass is 16.2. The van der Waals surface area contributed by atoms with Crippen LogP contribution in [0, 0.1) is 22.7 Å². The number of nitrogens with two attached hydrogens (primary N) is 1. The number of primary amides is 1. The Morgan fingerprint density at radius 1 is 1.14 bits per heavy atom. The van der Waals surface area contributed by atoms with E-state index in [1.165, 1.54) is 19.3 Å². The molecule has 4 heteroatoms. The molecule has 0 aromatic rings. The molecule has 5 rings (SSSR count). The zero-order valence-electron chi connectivity index (χ0n) is 13.2. The third-order valence-electron chi connectivity index (χ3n) is 6.70. The molecule has 1 heterocycles. The van der Waals surface area contributed by atoms with Crippen LogP contribution in [0.15, 0.2) is 0 Å². The first-order chi connectivity index (χ1) is 9.73. The molecule has 3 unspecified atom stereocenters. The SMILES string of the molecule is CC12CC3CC(C)(C1)CC(N1CC(C(N)=O)CC1=O)(C3)C2. The Kier molecular flexibility index (Phi) is 2.47. The van der Waals surface area contributed by atoms with Crippen LogP contribution in [-0.2, 0) is 9.59 Å². The van der Waals surface area contributed by atoms with E-state index in [0.717, 1.165) is 25.2 Å². The van der Waals surface area contributed by atoms with Crippen LogP contribution in [0.2, 0.25) is 0 Å². The normalized spacial score (nSPS) is 51.7. The second kappa shape index (κ2) is 3.82. The fourth-order valence-corrected chi connectivity index (χ4v) is 7.04. The highest BCUT2D eigenvalue weighted by molar-refractivity contribution is 5.89. The Hall–Kier alpha value is -1.06. The summed E-state index contributed by atoms with van der Waals surface area (Å²) in [7, 11) is 0. The fourth-order valence-electron chi connectivity index (χ4n) is 7.04. The third-order valence-corrected chi connectivity index (χ3v) is 6.70. The average Bonchev–Trinajstić information content (AvgIpc) is 2.67. The maximum atomic E-state index is 12.5. The van der Waals surface area contributed by atoms with Gasteiger partial charge < -0.3 is 10.6 Å². The topological polar surface area (TPSA) is 63.4 Å². The molecule has 4 saturated carbocycles. The van der Waals surface area contributed by atoms with E-state index in [1.807, 2.05) is 0 Å². The second-order valence-electron chi connectivity index (χ2n) is 9.16. The molecule has 0 aromatic carbocycles. The van der Waals surface area contributed by atoms with Gasteiger partial charge in [0.15, 0.2) is 0 Å². The summed E-state index contributed by atoms with van der Waals surface area (Å²) in [5.41, 5.74) is 6.24. The summed E-state index contributed by atoms with van der Waals surface area (Å²) in [5.74, 6) is 0.337. The summed E-state index contributed by atoms with van der Waals surface area (Å²) in [6, 6.07) is 0. The number of carbonyl (C=O) groups excluding carboxylic acids is 2. The van der Waals surface area contributed by atoms with Crippen LogP contribution in [0.25, 0.3) is 0 Å². The predicted molar refractivity (Wildman–Crippen MR) is 79.2 cm³/mol. The first-order valence-electron chi connectivity index (χ1n) is 8.33. The number of hydrogen-bond acceptors (Lipinski definition) is 2. The minimum atomic E-state index is -0.312. The number of hydrogen-bond donors (Lipinski definition) is 1. The van der Waals surface area contributed by atoms with Crippen molar-refractivity contribution < 1.29 is 9.59 Å². The van der Waals surface area contributed by atoms with Gasteiger partial charge in [0.25, 0.3) is 0 Å². The van der Waals surface area contributed by atoms with Crippen molar-refractivity contribution in [1.29, 1.82) is 0 Å². The fraction of sp³-hybridized carbons (Fsp3) is 0.882. The lowest BCUT2D eigenvalue weighted by atomic mass is 9.42. The molecule has 3 atom stereocenters. The molecule has 1 aliphatic heterocycles. The number of rotatable bonds is 2. The highest BCUT2D eigenvalue weighted by Crippen LogP contribution is 2.68. The lowest BCUT2D eigenvalue weighted by Gasteiger charge is -2.67. The summed E-state index contributed by atoms with van der Waals surface area (Å²) in [6.45, 7) is 5.39. The first kappa shape index (κ1) is 13.6. The first-order valence-corrected chi connectivity index (χ1v) is 8.33. The van der Waals surface area contributed by atoms with Gasteiger partial charge in [-0.15, -0.1) is 0 Å². The predicted octanol–water partition coefficient (Wildman–Crippen LogP) is 2.07. The zero-order chi connectivity index (χ0) is 15.0. The molecule has 1 saturated heterocycles. The smallest absolute Gasteiger partial charge is 0.223 e. The zero-order valence-corrected chi connectivity index (χ0v) is 13.2. The van der Waals surface area contributed by atoms with Crippen LogP contribution in [0.5, 0.6) is 0 Å². The molecule has 0 aromatic heterocycles. The lowest BCUT2D eigenvalue weighted by molar-refractivity contribution is -0.170. The molecular weight excluding hydrogens is 264 g/mol. The number of carbonyl (C=O) groups is 2. The Morgan fingerprint density at radius 3 is 2.24 bits per heavy atom. The molecule has 0 radical (unpaired) electrons. The van der Waals surface area contributed by atoms with Crippen molar-refractivity contribution in [3.05, 3.63) is 0 Å². The molecule has 4 nitrogen and oxygen atoms in total. The van der Waals surface area contributed by atoms with Crippen molar-refractivity contribution in [2.45, 2.75) is 64.3 Å². The van der Waals surface area contributed by atoms with Crippen LogP contribution in [0.1, 0.15) is 58.8 Å². The van der Waals surface area contributed by atoms with Crippen LogP contribution in [0.4, 0.5) is 0 Å². The van der Waals surface area contributed by atoms with Gasteiger partial charge in [0.2, 0.25) is 11.8 Å². The molecule has 2 amide bonds. The lowest BCUT2D eigenvalue weighted by Crippen LogP contribution is -2.65. The second-order valence-corrected chi connectivity index (χ2v) is 9.16. The standard InChI is InChI=1S/C17H26N2O2/c1-15-4-11-5-16(2,8-15)10-17(6-11,9-15)19-7-12(14(18)21)3-13(19)20/h11-12H,3-10H2,1-2H3,(H2,18,21). The Labute approximate surface area is 126 Å². The van der Waals surface area contributed by atoms with Crippen LogP contribution < -0.4 is 5.73 Å². The monoisotopic (exact) mass is 290 g/mol. The molecule has 0 spiro atoms. The van der Waals surface area contributed by atoms with Crippen molar-refractivity contribution in [1.82, 2.24) is 4.90 Å². The summed E-state index contributed by atoms with van der Waals surface area (Å²) in [5, 5.41) is 0. The van der Waals surface area contributed by atoms with Gasteiger partial charge in [0.05, 0.1) is 5.92 Å². The van der Waals surface area contributed by atoms with E-state index >= 15 is 0 Å². The van der Waals surface area contributed by atoms with Crippen molar-refractivity contribution in [2.75, 3.05) is 6.54 Å². The molecule has 4 bridgehead atoms. The van der Waals surface area contributed by atoms with Crippen LogP contribution >= 0.6 is 0 Å². The summed E-state index contributed by atoms with van der Waals surface area (Å²) >= 11 is 0. The minimum Gasteiger partial charge on any atom is -0.369 e. The molecule has 5 fully saturated rings. The molecule has 21 heavy (non-hydrogen) atoms. The van der Waals surface area contributed by atoms with E-state index in [-0.39, 0.29) is 23.3 Å². The van der Waals surface area contributed by atoms with Crippen molar-refractivity contribution in [3.63, 3.8) is 0 Å². The van der Waals surface area contributed by atoms with Gasteiger partial charge >= 0.3 is 0 Å². The minimum absolute atomic E-state index is 0.0181. The van der Waals surface area contributed by atoms with Gasteiger partial charge in [-0.1, -0.05) is 13.8 Å². The van der Waals surface area contributed by atoms with Crippen LogP contribution in [0.3, 0.4) is 0 Å². The maximum Gasteiger partial charge on any atom is 0.223 e. The number of amides is 2. The van der Waals surface area contributed by atoms with E-state index in [0.29, 0.717) is 23.8 Å². The van der Waals surface area contributed by atoms with Crippen LogP contribution in [-0.4, -0.2) is 28.8 Å². The molecule has 5 aliphatic rings. The largest absolute Gasteiger partial charge is 0.369 e. The van der Waals surface area contributed by atoms with Gasteiger partial charge in [-0.2, -0.15) is 0 Å². The van der Waals surface area contributed by atoms with Crippen molar-refractivity contribution in [3.8, 4) is 0 Å². The van der Waals surface area contributed by atoms with E-state index in [1.54, 1.807) is 0 Å². The Balaban J connectivity index is 1.68. The van der Waals surface area contributed by atoms with E-state index in [2.05, 4.69) is 18.7 Å². The highest BCUT2D eigenvalue weighted by Gasteiger charge is 2.63. The molecule has 2 N–H and O–H groups in total. The van der Waals surface area contributed by atoms with Gasteiger partial charge in [0, 0.05) is 18.5 Å². The quantitative estimate of drug-likeness (QED) is 0.846. The Morgan fingerprint density at radius 2 is 1.76 bits per heavy atom. The van der Waals surface area contributed by atoms with E-state index in [4.69, 9.17) is 5.73 Å². The van der Waals surface area contributed by atoms with Gasteiger partial charge in [-0.3, -0.25) is 9.59 Å². The summed E-state index contributed by atoms with van der Waals surface area (Å²) in [4.78, 5) is 26.1. The van der Waals surface area contributed by atoms with Gasteiger partial charge in [-0.05, 0) is 55.3 Å². The average molecular weight is 290 g/mol. The van der Waals surface area contributed by atoms with Gasteiger partial charge in [-0.25, -0.2) is 0 Å². The molecular formula is C17H26N2O2. The van der Waals surface area contributed by atoms with E-state index < -0.39 is 0 Å². The molecule has 116 valence electrons. The summed E-state index contributed by atoms with van der Waals surface area (Å²) < 4.78 is 0. The number of likely N-dealkylation sites (tertiary alicyclic amines) is 1. The number of nitrogens with zero attached hydrogens (tertiary/aromatic N) is 1. The van der Waals surface area contributed by atoms with Crippen molar-refractivity contribution in [2.24, 2.45) is 28.4 Å². The molecule has 4 aliphatic carbocycles. The van der Waals surface area contributed by atoms with Gasteiger partial charge in [0.1, 0.15) is 0 Å². The summed E-state index contributed by atoms with van der Waals surface area (Å²) in [6.07, 6.45) is 7.69. The van der Waals surface area contributed by atoms with Crippen molar-refractivity contribution >= 4 is 11.8 Å².